The van der Waals surface area contributed by atoms with Crippen molar-refractivity contribution in [2.45, 2.75) is 51.1 Å². The number of hydrogen-bond donors (Lipinski definition) is 2. The van der Waals surface area contributed by atoms with E-state index in [9.17, 15) is 0 Å². The van der Waals surface area contributed by atoms with Gasteiger partial charge in [-0.05, 0) is 58.5 Å². The Morgan fingerprint density at radius 2 is 2.12 bits per heavy atom. The summed E-state index contributed by atoms with van der Waals surface area (Å²) in [6.45, 7) is 8.86. The molecule has 0 spiro atoms. The lowest BCUT2D eigenvalue weighted by atomic mass is 9.89. The number of piperidine rings is 1. The Balaban J connectivity index is 1.73. The van der Waals surface area contributed by atoms with Gasteiger partial charge in [0.2, 0.25) is 0 Å². The fourth-order valence-corrected chi connectivity index (χ4v) is 2.81. The maximum atomic E-state index is 5.42. The predicted molar refractivity (Wildman–Crippen MR) is 66.6 cm³/mol. The van der Waals surface area contributed by atoms with Crippen LogP contribution in [0.2, 0.25) is 0 Å². The van der Waals surface area contributed by atoms with Gasteiger partial charge in [-0.3, -0.25) is 0 Å². The van der Waals surface area contributed by atoms with Crippen molar-refractivity contribution in [1.29, 1.82) is 0 Å². The van der Waals surface area contributed by atoms with E-state index in [4.69, 9.17) is 4.74 Å². The van der Waals surface area contributed by atoms with Crippen LogP contribution in [0, 0.1) is 5.92 Å². The molecule has 0 saturated carbocycles. The Kier molecular flexibility index (Phi) is 4.22. The molecule has 94 valence electrons. The largest absolute Gasteiger partial charge is 0.381 e. The van der Waals surface area contributed by atoms with E-state index in [2.05, 4.69) is 24.5 Å². The molecule has 2 aliphatic rings. The summed E-state index contributed by atoms with van der Waals surface area (Å²) in [6.07, 6.45) is 4.96. The fraction of sp³-hybridized carbons (Fsp3) is 1.00. The van der Waals surface area contributed by atoms with Crippen molar-refractivity contribution in [3.63, 3.8) is 0 Å². The second-order valence-corrected chi connectivity index (χ2v) is 5.80. The van der Waals surface area contributed by atoms with E-state index < -0.39 is 0 Å². The summed E-state index contributed by atoms with van der Waals surface area (Å²) in [6, 6.07) is 0.697. The van der Waals surface area contributed by atoms with Crippen molar-refractivity contribution >= 4 is 0 Å². The van der Waals surface area contributed by atoms with Gasteiger partial charge in [0.25, 0.3) is 0 Å². The number of ether oxygens (including phenoxy) is 1. The average molecular weight is 226 g/mol. The highest BCUT2D eigenvalue weighted by molar-refractivity contribution is 4.87. The third-order valence-electron chi connectivity index (χ3n) is 4.15. The highest BCUT2D eigenvalue weighted by atomic mass is 16.5. The monoisotopic (exact) mass is 226 g/mol. The zero-order valence-corrected chi connectivity index (χ0v) is 10.7. The number of rotatable bonds is 3. The second-order valence-electron chi connectivity index (χ2n) is 5.80. The summed E-state index contributed by atoms with van der Waals surface area (Å²) < 4.78 is 5.42. The van der Waals surface area contributed by atoms with Gasteiger partial charge < -0.3 is 15.4 Å². The Labute approximate surface area is 99.3 Å². The van der Waals surface area contributed by atoms with E-state index in [0.717, 1.165) is 32.0 Å². The molecule has 2 unspecified atom stereocenters. The molecular formula is C13H26N2O. The molecule has 3 nitrogen and oxygen atoms in total. The van der Waals surface area contributed by atoms with Gasteiger partial charge in [-0.2, -0.15) is 0 Å². The lowest BCUT2D eigenvalue weighted by Gasteiger charge is -2.37. The Morgan fingerprint density at radius 1 is 1.38 bits per heavy atom. The molecule has 2 heterocycles. The second kappa shape index (κ2) is 5.48. The third kappa shape index (κ3) is 3.44. The van der Waals surface area contributed by atoms with Crippen molar-refractivity contribution in [2.75, 3.05) is 26.3 Å². The van der Waals surface area contributed by atoms with Crippen LogP contribution < -0.4 is 10.6 Å². The normalized spacial score (nSPS) is 34.9. The Bertz CT molecular complexity index is 214. The minimum Gasteiger partial charge on any atom is -0.381 e. The molecule has 2 saturated heterocycles. The van der Waals surface area contributed by atoms with Crippen LogP contribution in [-0.2, 0) is 4.74 Å². The maximum Gasteiger partial charge on any atom is 0.0483 e. The van der Waals surface area contributed by atoms with E-state index >= 15 is 0 Å². The predicted octanol–water partition coefficient (Wildman–Crippen LogP) is 1.53. The molecule has 0 bridgehead atoms. The minimum absolute atomic E-state index is 0.326. The molecule has 2 rings (SSSR count). The van der Waals surface area contributed by atoms with Gasteiger partial charge in [-0.1, -0.05) is 0 Å². The van der Waals surface area contributed by atoms with Crippen molar-refractivity contribution < 1.29 is 4.74 Å². The summed E-state index contributed by atoms with van der Waals surface area (Å²) in [5.74, 6) is 0.857. The zero-order chi connectivity index (χ0) is 11.4. The molecule has 0 aromatic carbocycles. The molecule has 16 heavy (non-hydrogen) atoms. The molecular weight excluding hydrogens is 200 g/mol. The first-order valence-electron chi connectivity index (χ1n) is 6.74. The van der Waals surface area contributed by atoms with Crippen LogP contribution in [0.15, 0.2) is 0 Å². The zero-order valence-electron chi connectivity index (χ0n) is 10.7. The van der Waals surface area contributed by atoms with Gasteiger partial charge in [-0.15, -0.1) is 0 Å². The number of nitrogens with one attached hydrogen (secondary N) is 2. The van der Waals surface area contributed by atoms with Gasteiger partial charge >= 0.3 is 0 Å². The molecule has 0 aliphatic carbocycles. The summed E-state index contributed by atoms with van der Waals surface area (Å²) in [4.78, 5) is 0. The molecule has 0 aromatic heterocycles. The quantitative estimate of drug-likeness (QED) is 0.766. The molecule has 2 aliphatic heterocycles. The van der Waals surface area contributed by atoms with Gasteiger partial charge in [-0.25, -0.2) is 0 Å². The third-order valence-corrected chi connectivity index (χ3v) is 4.15. The molecule has 3 heteroatoms. The lowest BCUT2D eigenvalue weighted by Crippen LogP contribution is -2.50. The van der Waals surface area contributed by atoms with Crippen LogP contribution in [0.3, 0.4) is 0 Å². The van der Waals surface area contributed by atoms with Gasteiger partial charge in [0.05, 0.1) is 0 Å². The van der Waals surface area contributed by atoms with Gasteiger partial charge in [0.15, 0.2) is 0 Å². The first-order valence-corrected chi connectivity index (χ1v) is 6.74. The van der Waals surface area contributed by atoms with Crippen molar-refractivity contribution in [1.82, 2.24) is 10.6 Å². The number of hydrogen-bond acceptors (Lipinski definition) is 3. The molecule has 2 N–H and O–H groups in total. The minimum atomic E-state index is 0.326. The summed E-state index contributed by atoms with van der Waals surface area (Å²) >= 11 is 0. The van der Waals surface area contributed by atoms with Crippen LogP contribution in [0.25, 0.3) is 0 Å². The van der Waals surface area contributed by atoms with Crippen molar-refractivity contribution in [2.24, 2.45) is 5.92 Å². The van der Waals surface area contributed by atoms with Gasteiger partial charge in [0.1, 0.15) is 0 Å². The van der Waals surface area contributed by atoms with Crippen LogP contribution in [-0.4, -0.2) is 37.9 Å². The van der Waals surface area contributed by atoms with Crippen molar-refractivity contribution in [3.8, 4) is 0 Å². The maximum absolute atomic E-state index is 5.42. The van der Waals surface area contributed by atoms with E-state index in [1.54, 1.807) is 0 Å². The fourth-order valence-electron chi connectivity index (χ4n) is 2.81. The van der Waals surface area contributed by atoms with Crippen LogP contribution in [0.4, 0.5) is 0 Å². The highest BCUT2D eigenvalue weighted by Gasteiger charge is 2.28. The van der Waals surface area contributed by atoms with Gasteiger partial charge in [0, 0.05) is 24.8 Å². The standard InChI is InChI=1S/C13H26N2O/c1-11-9-12(3-6-14-11)10-15-13(2)4-7-16-8-5-13/h11-12,14-15H,3-10H2,1-2H3. The lowest BCUT2D eigenvalue weighted by molar-refractivity contribution is 0.0428. The summed E-state index contributed by atoms with van der Waals surface area (Å²) in [7, 11) is 0. The molecule has 0 aromatic rings. The Morgan fingerprint density at radius 3 is 2.81 bits per heavy atom. The molecule has 2 fully saturated rings. The summed E-state index contributed by atoms with van der Waals surface area (Å²) in [5.41, 5.74) is 0.326. The topological polar surface area (TPSA) is 33.3 Å². The van der Waals surface area contributed by atoms with E-state index in [1.165, 1.54) is 25.9 Å². The summed E-state index contributed by atoms with van der Waals surface area (Å²) in [5, 5.41) is 7.29. The van der Waals surface area contributed by atoms with Crippen LogP contribution in [0.5, 0.6) is 0 Å². The molecule has 0 radical (unpaired) electrons. The van der Waals surface area contributed by atoms with Crippen LogP contribution >= 0.6 is 0 Å². The first kappa shape index (κ1) is 12.3. The highest BCUT2D eigenvalue weighted by Crippen LogP contribution is 2.22. The van der Waals surface area contributed by atoms with E-state index in [0.29, 0.717) is 11.6 Å². The molecule has 2 atom stereocenters. The first-order chi connectivity index (χ1) is 7.68. The van der Waals surface area contributed by atoms with Crippen LogP contribution in [0.1, 0.15) is 39.5 Å². The average Bonchev–Trinajstić information content (AvgIpc) is 2.28. The van der Waals surface area contributed by atoms with E-state index in [-0.39, 0.29) is 0 Å². The molecule has 0 amide bonds. The van der Waals surface area contributed by atoms with Crippen molar-refractivity contribution in [3.05, 3.63) is 0 Å². The Hall–Kier alpha value is -0.120. The SMILES string of the molecule is CC1CC(CNC2(C)CCOCC2)CCN1. The van der Waals surface area contributed by atoms with E-state index in [1.807, 2.05) is 0 Å². The smallest absolute Gasteiger partial charge is 0.0483 e.